The minimum absolute atomic E-state index is 0.0335. The molecule has 0 bridgehead atoms. The third-order valence-corrected chi connectivity index (χ3v) is 8.02. The second-order valence-electron chi connectivity index (χ2n) is 9.56. The van der Waals surface area contributed by atoms with Gasteiger partial charge in [0.15, 0.2) is 4.80 Å². The zero-order chi connectivity index (χ0) is 29.1. The van der Waals surface area contributed by atoms with Crippen molar-refractivity contribution in [2.75, 3.05) is 13.7 Å². The molecule has 5 rings (SSSR count). The normalized spacial score (nSPS) is 15.0. The average Bonchev–Trinajstić information content (AvgIpc) is 3.28. The number of nitrogens with zero attached hydrogens (tertiary/aromatic N) is 2. The highest BCUT2D eigenvalue weighted by Gasteiger charge is 2.35. The maximum atomic E-state index is 14.0. The van der Waals surface area contributed by atoms with Gasteiger partial charge in [-0.15, -0.1) is 0 Å². The van der Waals surface area contributed by atoms with E-state index in [-0.39, 0.29) is 18.3 Å². The van der Waals surface area contributed by atoms with Gasteiger partial charge >= 0.3 is 5.97 Å². The first-order valence-corrected chi connectivity index (χ1v) is 14.8. The Kier molecular flexibility index (Phi) is 8.56. The fourth-order valence-electron chi connectivity index (χ4n) is 4.65. The number of methoxy groups -OCH3 is 1. The van der Waals surface area contributed by atoms with Crippen LogP contribution in [0, 0.1) is 0 Å². The van der Waals surface area contributed by atoms with Crippen LogP contribution in [0.2, 0.25) is 0 Å². The smallest absolute Gasteiger partial charge is 0.338 e. The van der Waals surface area contributed by atoms with Crippen LogP contribution in [0.25, 0.3) is 11.8 Å². The Morgan fingerprint density at radius 2 is 1.83 bits per heavy atom. The summed E-state index contributed by atoms with van der Waals surface area (Å²) in [5, 5.41) is 0. The highest BCUT2D eigenvalue weighted by atomic mass is 79.9. The molecule has 0 N–H and O–H groups in total. The molecule has 210 valence electrons. The van der Waals surface area contributed by atoms with Gasteiger partial charge in [0.05, 0.1) is 46.1 Å². The van der Waals surface area contributed by atoms with E-state index in [0.29, 0.717) is 26.4 Å². The van der Waals surface area contributed by atoms with E-state index in [2.05, 4.69) is 15.9 Å². The van der Waals surface area contributed by atoms with Crippen molar-refractivity contribution in [3.8, 4) is 11.5 Å². The van der Waals surface area contributed by atoms with Gasteiger partial charge in [0.25, 0.3) is 5.56 Å². The first-order chi connectivity index (χ1) is 19.8. The van der Waals surface area contributed by atoms with E-state index >= 15 is 0 Å². The fourth-order valence-corrected chi connectivity index (χ4v) is 6.14. The molecule has 1 aliphatic heterocycles. The Hall–Kier alpha value is -3.95. The minimum atomic E-state index is -0.748. The molecule has 0 saturated carbocycles. The second-order valence-corrected chi connectivity index (χ2v) is 11.4. The van der Waals surface area contributed by atoms with Gasteiger partial charge in [0.1, 0.15) is 11.5 Å². The number of benzene rings is 3. The maximum absolute atomic E-state index is 14.0. The van der Waals surface area contributed by atoms with Crippen molar-refractivity contribution in [1.29, 1.82) is 0 Å². The van der Waals surface area contributed by atoms with E-state index in [1.165, 1.54) is 11.3 Å². The summed E-state index contributed by atoms with van der Waals surface area (Å²) in [5.41, 5.74) is 2.86. The number of esters is 1. The Balaban J connectivity index is 1.75. The van der Waals surface area contributed by atoms with Crippen molar-refractivity contribution in [2.24, 2.45) is 4.99 Å². The molecule has 9 heteroatoms. The molecular weight excluding hydrogens is 604 g/mol. The largest absolute Gasteiger partial charge is 0.497 e. The molecule has 0 saturated heterocycles. The van der Waals surface area contributed by atoms with Crippen LogP contribution < -0.4 is 24.4 Å². The van der Waals surface area contributed by atoms with Gasteiger partial charge in [0, 0.05) is 5.56 Å². The van der Waals surface area contributed by atoms with E-state index in [1.807, 2.05) is 92.7 Å². The molecule has 0 fully saturated rings. The lowest BCUT2D eigenvalue weighted by Crippen LogP contribution is -2.40. The Labute approximate surface area is 250 Å². The van der Waals surface area contributed by atoms with Gasteiger partial charge in [-0.3, -0.25) is 9.36 Å². The fraction of sp³-hybridized carbons (Fsp3) is 0.219. The summed E-state index contributed by atoms with van der Waals surface area (Å²) in [5.74, 6) is 0.876. The van der Waals surface area contributed by atoms with Crippen LogP contribution in [0.4, 0.5) is 0 Å². The number of aromatic nitrogens is 1. The zero-order valence-corrected chi connectivity index (χ0v) is 25.5. The molecule has 0 aliphatic carbocycles. The van der Waals surface area contributed by atoms with Crippen molar-refractivity contribution < 1.29 is 19.0 Å². The number of carbonyl (C=O) groups excluding carboxylic acids is 1. The summed E-state index contributed by atoms with van der Waals surface area (Å²) in [4.78, 5) is 33.0. The van der Waals surface area contributed by atoms with Gasteiger partial charge in [-0.2, -0.15) is 0 Å². The first-order valence-electron chi connectivity index (χ1n) is 13.2. The van der Waals surface area contributed by atoms with Gasteiger partial charge in [-0.25, -0.2) is 9.79 Å². The van der Waals surface area contributed by atoms with Crippen molar-refractivity contribution in [2.45, 2.75) is 32.9 Å². The number of thiazole rings is 1. The minimum Gasteiger partial charge on any atom is -0.497 e. The molecule has 0 radical (unpaired) electrons. The third kappa shape index (κ3) is 5.92. The molecule has 1 aliphatic rings. The number of hydrogen-bond acceptors (Lipinski definition) is 7. The number of carbonyl (C=O) groups is 1. The SMILES string of the molecule is CCOC(=O)C1=C(c2ccccc2)N=c2s/c(=C\c3ccc(OC(C)C)c(Br)c3)c(=O)n2[C@H]1c1ccc(OC)cc1. The summed E-state index contributed by atoms with van der Waals surface area (Å²) in [6.07, 6.45) is 1.86. The van der Waals surface area contributed by atoms with Crippen LogP contribution in [-0.2, 0) is 9.53 Å². The van der Waals surface area contributed by atoms with Crippen LogP contribution >= 0.6 is 27.3 Å². The monoisotopic (exact) mass is 632 g/mol. The van der Waals surface area contributed by atoms with E-state index in [4.69, 9.17) is 19.2 Å². The predicted molar refractivity (Wildman–Crippen MR) is 164 cm³/mol. The van der Waals surface area contributed by atoms with E-state index in [9.17, 15) is 9.59 Å². The van der Waals surface area contributed by atoms with Gasteiger partial charge in [0.2, 0.25) is 0 Å². The van der Waals surface area contributed by atoms with Crippen molar-refractivity contribution in [1.82, 2.24) is 4.57 Å². The summed E-state index contributed by atoms with van der Waals surface area (Å²) < 4.78 is 19.6. The molecule has 41 heavy (non-hydrogen) atoms. The Morgan fingerprint density at radius 3 is 2.46 bits per heavy atom. The van der Waals surface area contributed by atoms with Crippen molar-refractivity contribution >= 4 is 45.0 Å². The molecule has 0 unspecified atom stereocenters. The van der Waals surface area contributed by atoms with E-state index < -0.39 is 12.0 Å². The van der Waals surface area contributed by atoms with Crippen LogP contribution in [0.3, 0.4) is 0 Å². The highest BCUT2D eigenvalue weighted by molar-refractivity contribution is 9.10. The molecule has 1 atom stereocenters. The molecule has 2 heterocycles. The molecule has 1 aromatic heterocycles. The first kappa shape index (κ1) is 28.6. The lowest BCUT2D eigenvalue weighted by molar-refractivity contribution is -0.138. The quantitative estimate of drug-likeness (QED) is 0.240. The molecule has 7 nitrogen and oxygen atoms in total. The number of rotatable bonds is 8. The topological polar surface area (TPSA) is 79.1 Å². The second kappa shape index (κ2) is 12.3. The molecule has 0 spiro atoms. The summed E-state index contributed by atoms with van der Waals surface area (Å²) in [7, 11) is 1.59. The highest BCUT2D eigenvalue weighted by Crippen LogP contribution is 2.35. The van der Waals surface area contributed by atoms with Crippen LogP contribution in [0.5, 0.6) is 11.5 Å². The zero-order valence-electron chi connectivity index (χ0n) is 23.1. The number of fused-ring (bicyclic) bond motifs is 1. The van der Waals surface area contributed by atoms with E-state index in [0.717, 1.165) is 26.9 Å². The molecule has 3 aromatic carbocycles. The lowest BCUT2D eigenvalue weighted by Gasteiger charge is -2.26. The van der Waals surface area contributed by atoms with Crippen LogP contribution in [0.15, 0.2) is 92.6 Å². The summed E-state index contributed by atoms with van der Waals surface area (Å²) >= 11 is 4.86. The number of ether oxygens (including phenoxy) is 3. The van der Waals surface area contributed by atoms with Crippen molar-refractivity contribution in [3.05, 3.63) is 119 Å². The molecule has 4 aromatic rings. The standard InChI is InChI=1S/C32H29BrN2O5S/c1-5-39-31(37)27-28(21-9-7-6-8-10-21)34-32-35(29(27)22-12-14-23(38-4)15-13-22)30(36)26(41-32)18-20-11-16-25(24(33)17-20)40-19(2)3/h6-19,29H,5H2,1-4H3/b26-18-/t29-/m0/s1. The maximum Gasteiger partial charge on any atom is 0.338 e. The predicted octanol–water partition coefficient (Wildman–Crippen LogP) is 5.49. The Bertz CT molecular complexity index is 1790. The average molecular weight is 634 g/mol. The van der Waals surface area contributed by atoms with E-state index in [1.54, 1.807) is 18.6 Å². The van der Waals surface area contributed by atoms with Crippen molar-refractivity contribution in [3.63, 3.8) is 0 Å². The van der Waals surface area contributed by atoms with Crippen LogP contribution in [0.1, 0.15) is 43.5 Å². The van der Waals surface area contributed by atoms with Gasteiger partial charge < -0.3 is 14.2 Å². The summed E-state index contributed by atoms with van der Waals surface area (Å²) in [6, 6.07) is 21.8. The third-order valence-electron chi connectivity index (χ3n) is 6.42. The molecule has 0 amide bonds. The lowest BCUT2D eigenvalue weighted by atomic mass is 9.93. The molecular formula is C32H29BrN2O5S. The van der Waals surface area contributed by atoms with Gasteiger partial charge in [-0.1, -0.05) is 59.9 Å². The number of halogens is 1. The number of hydrogen-bond donors (Lipinski definition) is 0. The summed E-state index contributed by atoms with van der Waals surface area (Å²) in [6.45, 7) is 5.88. The van der Waals surface area contributed by atoms with Crippen LogP contribution in [-0.4, -0.2) is 30.4 Å². The Morgan fingerprint density at radius 1 is 1.10 bits per heavy atom. The van der Waals surface area contributed by atoms with Gasteiger partial charge in [-0.05, 0) is 78.2 Å².